The molecule has 2 heterocycles. The maximum Gasteiger partial charge on any atom is 0.315 e. The Morgan fingerprint density at radius 1 is 1.11 bits per heavy atom. The first-order valence-corrected chi connectivity index (χ1v) is 10.3. The molecule has 3 rings (SSSR count). The van der Waals surface area contributed by atoms with Crippen LogP contribution in [0.2, 0.25) is 0 Å². The fourth-order valence-corrected chi connectivity index (χ4v) is 4.13. The first-order valence-electron chi connectivity index (χ1n) is 9.47. The van der Waals surface area contributed by atoms with E-state index in [0.717, 1.165) is 28.7 Å². The SMILES string of the molecule is CCOC(=O)CCNC(=O)NCc1c(-c2cccs2)n(CC)c2ccccc12. The van der Waals surface area contributed by atoms with Gasteiger partial charge in [-0.15, -0.1) is 11.3 Å². The van der Waals surface area contributed by atoms with E-state index < -0.39 is 0 Å². The average Bonchev–Trinajstić information content (AvgIpc) is 3.32. The van der Waals surface area contributed by atoms with Gasteiger partial charge < -0.3 is 19.9 Å². The number of fused-ring (bicyclic) bond motifs is 1. The lowest BCUT2D eigenvalue weighted by atomic mass is 10.1. The highest BCUT2D eigenvalue weighted by Gasteiger charge is 2.18. The maximum atomic E-state index is 12.2. The molecule has 3 aromatic rings. The van der Waals surface area contributed by atoms with Crippen LogP contribution in [0.5, 0.6) is 0 Å². The van der Waals surface area contributed by atoms with Gasteiger partial charge in [0.05, 0.1) is 23.6 Å². The second kappa shape index (κ2) is 9.41. The number of hydrogen-bond donors (Lipinski definition) is 2. The zero-order chi connectivity index (χ0) is 19.9. The van der Waals surface area contributed by atoms with Gasteiger partial charge in [-0.1, -0.05) is 24.3 Å². The van der Waals surface area contributed by atoms with Gasteiger partial charge in [-0.05, 0) is 31.4 Å². The molecular formula is C21H25N3O3S. The molecule has 2 aromatic heterocycles. The zero-order valence-corrected chi connectivity index (χ0v) is 17.0. The van der Waals surface area contributed by atoms with E-state index in [1.54, 1.807) is 18.3 Å². The van der Waals surface area contributed by atoms with Crippen molar-refractivity contribution in [2.45, 2.75) is 33.4 Å². The van der Waals surface area contributed by atoms with Crippen molar-refractivity contribution in [2.75, 3.05) is 13.2 Å². The number of amides is 2. The quantitative estimate of drug-likeness (QED) is 0.559. The van der Waals surface area contributed by atoms with E-state index in [-0.39, 0.29) is 25.0 Å². The number of esters is 1. The third-order valence-corrected chi connectivity index (χ3v) is 5.37. The zero-order valence-electron chi connectivity index (χ0n) is 16.2. The Labute approximate surface area is 168 Å². The van der Waals surface area contributed by atoms with Crippen LogP contribution in [0.3, 0.4) is 0 Å². The van der Waals surface area contributed by atoms with Crippen LogP contribution in [0.4, 0.5) is 4.79 Å². The molecular weight excluding hydrogens is 374 g/mol. The second-order valence-electron chi connectivity index (χ2n) is 6.23. The molecule has 0 atom stereocenters. The minimum Gasteiger partial charge on any atom is -0.466 e. The Bertz CT molecular complexity index is 947. The van der Waals surface area contributed by atoms with E-state index in [1.807, 2.05) is 18.2 Å². The van der Waals surface area contributed by atoms with Gasteiger partial charge in [-0.3, -0.25) is 4.79 Å². The van der Waals surface area contributed by atoms with Crippen LogP contribution in [0, 0.1) is 0 Å². The Hall–Kier alpha value is -2.80. The maximum absolute atomic E-state index is 12.2. The number of benzene rings is 1. The van der Waals surface area contributed by atoms with Gasteiger partial charge in [0.1, 0.15) is 0 Å². The lowest BCUT2D eigenvalue weighted by molar-refractivity contribution is -0.142. The molecule has 7 heteroatoms. The van der Waals surface area contributed by atoms with Gasteiger partial charge in [-0.2, -0.15) is 0 Å². The number of hydrogen-bond acceptors (Lipinski definition) is 4. The standard InChI is InChI=1S/C21H25N3O3S/c1-3-24-17-9-6-5-8-15(17)16(20(24)18-10-7-13-28-18)14-23-21(26)22-12-11-19(25)27-4-2/h5-10,13H,3-4,11-12,14H2,1-2H3,(H2,22,23,26). The minimum atomic E-state index is -0.311. The number of ether oxygens (including phenoxy) is 1. The van der Waals surface area contributed by atoms with Crippen LogP contribution < -0.4 is 10.6 Å². The van der Waals surface area contributed by atoms with E-state index in [4.69, 9.17) is 4.74 Å². The lowest BCUT2D eigenvalue weighted by Gasteiger charge is -2.10. The number of thiophene rings is 1. The van der Waals surface area contributed by atoms with Crippen molar-refractivity contribution in [2.24, 2.45) is 0 Å². The fourth-order valence-electron chi connectivity index (χ4n) is 3.32. The number of rotatable bonds is 8. The van der Waals surface area contributed by atoms with Crippen LogP contribution in [0.1, 0.15) is 25.8 Å². The van der Waals surface area contributed by atoms with Crippen LogP contribution >= 0.6 is 11.3 Å². The number of nitrogens with zero attached hydrogens (tertiary/aromatic N) is 1. The molecule has 0 fully saturated rings. The third-order valence-electron chi connectivity index (χ3n) is 4.49. The van der Waals surface area contributed by atoms with Crippen molar-refractivity contribution in [1.29, 1.82) is 0 Å². The smallest absolute Gasteiger partial charge is 0.315 e. The number of carbonyl (C=O) groups is 2. The number of urea groups is 1. The van der Waals surface area contributed by atoms with Gasteiger partial charge >= 0.3 is 12.0 Å². The monoisotopic (exact) mass is 399 g/mol. The first-order chi connectivity index (χ1) is 13.7. The molecule has 0 radical (unpaired) electrons. The first kappa shape index (κ1) is 19.9. The van der Waals surface area contributed by atoms with E-state index in [9.17, 15) is 9.59 Å². The fraction of sp³-hybridized carbons (Fsp3) is 0.333. The second-order valence-corrected chi connectivity index (χ2v) is 7.18. The normalized spacial score (nSPS) is 10.8. The van der Waals surface area contributed by atoms with Crippen LogP contribution in [-0.2, 0) is 22.6 Å². The Kier molecular flexibility index (Phi) is 6.71. The van der Waals surface area contributed by atoms with E-state index in [2.05, 4.69) is 45.7 Å². The van der Waals surface area contributed by atoms with Crippen molar-refractivity contribution in [1.82, 2.24) is 15.2 Å². The van der Waals surface area contributed by atoms with Gasteiger partial charge in [-0.25, -0.2) is 4.79 Å². The number of aryl methyl sites for hydroxylation is 1. The van der Waals surface area contributed by atoms with Crippen molar-refractivity contribution >= 4 is 34.2 Å². The molecule has 0 spiro atoms. The molecule has 0 aliphatic carbocycles. The summed E-state index contributed by atoms with van der Waals surface area (Å²) in [5, 5.41) is 8.84. The highest BCUT2D eigenvalue weighted by atomic mass is 32.1. The molecule has 2 N–H and O–H groups in total. The van der Waals surface area contributed by atoms with E-state index in [0.29, 0.717) is 13.2 Å². The Balaban J connectivity index is 1.76. The highest BCUT2D eigenvalue weighted by Crippen LogP contribution is 2.36. The molecule has 2 amide bonds. The Morgan fingerprint density at radius 3 is 2.64 bits per heavy atom. The summed E-state index contributed by atoms with van der Waals surface area (Å²) in [7, 11) is 0. The van der Waals surface area contributed by atoms with Crippen molar-refractivity contribution < 1.29 is 14.3 Å². The topological polar surface area (TPSA) is 72.4 Å². The molecule has 6 nitrogen and oxygen atoms in total. The third kappa shape index (κ3) is 4.36. The molecule has 0 bridgehead atoms. The minimum absolute atomic E-state index is 0.164. The van der Waals surface area contributed by atoms with Gasteiger partial charge in [0.2, 0.25) is 0 Å². The van der Waals surface area contributed by atoms with Crippen LogP contribution in [0.15, 0.2) is 41.8 Å². The summed E-state index contributed by atoms with van der Waals surface area (Å²) in [4.78, 5) is 24.7. The molecule has 1 aromatic carbocycles. The Morgan fingerprint density at radius 2 is 1.93 bits per heavy atom. The van der Waals surface area contributed by atoms with Gasteiger partial charge in [0.15, 0.2) is 0 Å². The summed E-state index contributed by atoms with van der Waals surface area (Å²) in [6.07, 6.45) is 0.164. The predicted octanol–water partition coefficient (Wildman–Crippen LogP) is 4.14. The summed E-state index contributed by atoms with van der Waals surface area (Å²) in [5.74, 6) is -0.311. The summed E-state index contributed by atoms with van der Waals surface area (Å²) in [6, 6.07) is 12.1. The number of nitrogens with one attached hydrogen (secondary N) is 2. The summed E-state index contributed by atoms with van der Waals surface area (Å²) in [6.45, 7) is 5.74. The molecule has 148 valence electrons. The highest BCUT2D eigenvalue weighted by molar-refractivity contribution is 7.13. The summed E-state index contributed by atoms with van der Waals surface area (Å²) in [5.41, 5.74) is 3.40. The van der Waals surface area contributed by atoms with Gasteiger partial charge in [0, 0.05) is 36.1 Å². The molecule has 0 unspecified atom stereocenters. The lowest BCUT2D eigenvalue weighted by Crippen LogP contribution is -2.36. The number of para-hydroxylation sites is 1. The van der Waals surface area contributed by atoms with Gasteiger partial charge in [0.25, 0.3) is 0 Å². The number of carbonyl (C=O) groups excluding carboxylic acids is 2. The average molecular weight is 400 g/mol. The summed E-state index contributed by atoms with van der Waals surface area (Å²) < 4.78 is 7.15. The van der Waals surface area contributed by atoms with Crippen molar-refractivity contribution in [3.8, 4) is 10.6 Å². The predicted molar refractivity (Wildman–Crippen MR) is 112 cm³/mol. The molecule has 0 saturated heterocycles. The van der Waals surface area contributed by atoms with Crippen LogP contribution in [-0.4, -0.2) is 29.7 Å². The molecule has 0 saturated carbocycles. The molecule has 0 aliphatic heterocycles. The van der Waals surface area contributed by atoms with Crippen molar-refractivity contribution in [3.63, 3.8) is 0 Å². The molecule has 0 aliphatic rings. The molecule has 28 heavy (non-hydrogen) atoms. The van der Waals surface area contributed by atoms with Crippen molar-refractivity contribution in [3.05, 3.63) is 47.3 Å². The summed E-state index contributed by atoms with van der Waals surface area (Å²) >= 11 is 1.69. The largest absolute Gasteiger partial charge is 0.466 e. The van der Waals surface area contributed by atoms with E-state index >= 15 is 0 Å². The van der Waals surface area contributed by atoms with Crippen LogP contribution in [0.25, 0.3) is 21.5 Å². The number of aromatic nitrogens is 1. The van der Waals surface area contributed by atoms with E-state index in [1.165, 1.54) is 4.88 Å².